The summed E-state index contributed by atoms with van der Waals surface area (Å²) in [4.78, 5) is 40.6. The SMILES string of the molecule is CC[C@@]1(c2ccccc2)C(=O)NC(=O)N(C[NH+]2CCCCC2)C1=O. The van der Waals surface area contributed by atoms with Crippen molar-refractivity contribution >= 4 is 17.8 Å². The van der Waals surface area contributed by atoms with Gasteiger partial charge in [0, 0.05) is 0 Å². The van der Waals surface area contributed by atoms with Gasteiger partial charge in [0.05, 0.1) is 13.1 Å². The number of nitrogens with zero attached hydrogens (tertiary/aromatic N) is 1. The maximum atomic E-state index is 13.2. The molecule has 2 aliphatic rings. The average Bonchev–Trinajstić information content (AvgIpc) is 2.61. The molecule has 1 aromatic carbocycles. The predicted octanol–water partition coefficient (Wildman–Crippen LogP) is 0.439. The lowest BCUT2D eigenvalue weighted by Gasteiger charge is -2.40. The summed E-state index contributed by atoms with van der Waals surface area (Å²) in [5.74, 6) is -0.917. The molecule has 24 heavy (non-hydrogen) atoms. The number of piperidine rings is 1. The normalized spacial score (nSPS) is 25.7. The number of imide groups is 2. The van der Waals surface area contributed by atoms with Crippen molar-refractivity contribution in [1.29, 1.82) is 0 Å². The monoisotopic (exact) mass is 330 g/mol. The van der Waals surface area contributed by atoms with E-state index in [0.717, 1.165) is 25.9 Å². The number of hydrogen-bond acceptors (Lipinski definition) is 3. The van der Waals surface area contributed by atoms with E-state index in [1.807, 2.05) is 25.1 Å². The fourth-order valence-electron chi connectivity index (χ4n) is 3.76. The Hall–Kier alpha value is -2.21. The number of likely N-dealkylation sites (tertiary alicyclic amines) is 1. The molecule has 1 atom stereocenters. The summed E-state index contributed by atoms with van der Waals surface area (Å²) in [6.45, 7) is 4.05. The zero-order valence-corrected chi connectivity index (χ0v) is 14.0. The van der Waals surface area contributed by atoms with E-state index in [1.165, 1.54) is 16.2 Å². The predicted molar refractivity (Wildman–Crippen MR) is 88.2 cm³/mol. The number of urea groups is 1. The molecule has 2 fully saturated rings. The molecule has 6 nitrogen and oxygen atoms in total. The molecule has 0 aliphatic carbocycles. The third kappa shape index (κ3) is 2.71. The number of hydrogen-bond donors (Lipinski definition) is 2. The Morgan fingerprint density at radius 3 is 2.38 bits per heavy atom. The van der Waals surface area contributed by atoms with Gasteiger partial charge in [-0.2, -0.15) is 0 Å². The standard InChI is InChI=1S/C18H23N3O3/c1-2-18(14-9-5-3-6-10-14)15(22)19-17(24)21(16(18)23)13-20-11-7-4-8-12-20/h3,5-6,9-10H,2,4,7-8,11-13H2,1H3,(H,19,22,24)/p+1/t18-/m1/s1. The van der Waals surface area contributed by atoms with Gasteiger partial charge in [-0.15, -0.1) is 0 Å². The van der Waals surface area contributed by atoms with Crippen molar-refractivity contribution in [3.05, 3.63) is 35.9 Å². The maximum absolute atomic E-state index is 13.2. The number of carbonyl (C=O) groups excluding carboxylic acids is 3. The highest BCUT2D eigenvalue weighted by atomic mass is 16.2. The molecule has 0 saturated carbocycles. The van der Waals surface area contributed by atoms with Crippen LogP contribution in [0.15, 0.2) is 30.3 Å². The highest BCUT2D eigenvalue weighted by molar-refractivity contribution is 6.22. The van der Waals surface area contributed by atoms with Gasteiger partial charge >= 0.3 is 6.03 Å². The van der Waals surface area contributed by atoms with Crippen molar-refractivity contribution < 1.29 is 19.3 Å². The minimum atomic E-state index is -1.32. The minimum Gasteiger partial charge on any atom is -0.317 e. The summed E-state index contributed by atoms with van der Waals surface area (Å²) in [7, 11) is 0. The van der Waals surface area contributed by atoms with Gasteiger partial charge in [0.2, 0.25) is 5.91 Å². The van der Waals surface area contributed by atoms with E-state index in [9.17, 15) is 14.4 Å². The smallest absolute Gasteiger partial charge is 0.317 e. The van der Waals surface area contributed by atoms with Crippen LogP contribution in [-0.4, -0.2) is 42.5 Å². The van der Waals surface area contributed by atoms with Crippen LogP contribution in [0.5, 0.6) is 0 Å². The second-order valence-electron chi connectivity index (χ2n) is 6.59. The van der Waals surface area contributed by atoms with E-state index in [-0.39, 0.29) is 0 Å². The molecule has 0 radical (unpaired) electrons. The number of carbonyl (C=O) groups is 3. The van der Waals surface area contributed by atoms with Gasteiger partial charge < -0.3 is 4.90 Å². The van der Waals surface area contributed by atoms with Crippen LogP contribution in [-0.2, 0) is 15.0 Å². The van der Waals surface area contributed by atoms with Crippen LogP contribution in [0.3, 0.4) is 0 Å². The fourth-order valence-corrected chi connectivity index (χ4v) is 3.76. The van der Waals surface area contributed by atoms with Crippen LogP contribution in [0.1, 0.15) is 38.2 Å². The molecular weight excluding hydrogens is 306 g/mol. The Morgan fingerprint density at radius 1 is 1.08 bits per heavy atom. The fraction of sp³-hybridized carbons (Fsp3) is 0.500. The van der Waals surface area contributed by atoms with Crippen LogP contribution in [0.2, 0.25) is 0 Å². The summed E-state index contributed by atoms with van der Waals surface area (Å²) in [5, 5.41) is 2.40. The Kier molecular flexibility index (Phi) is 4.66. The first-order valence-corrected chi connectivity index (χ1v) is 8.66. The summed E-state index contributed by atoms with van der Waals surface area (Å²) >= 11 is 0. The molecule has 0 spiro atoms. The van der Waals surface area contributed by atoms with Crippen LogP contribution in [0.4, 0.5) is 4.79 Å². The molecule has 128 valence electrons. The lowest BCUT2D eigenvalue weighted by Crippen LogP contribution is -3.14. The van der Waals surface area contributed by atoms with E-state index >= 15 is 0 Å². The first-order chi connectivity index (χ1) is 11.6. The van der Waals surface area contributed by atoms with Gasteiger partial charge in [-0.3, -0.25) is 14.9 Å². The van der Waals surface area contributed by atoms with E-state index in [1.54, 1.807) is 12.1 Å². The van der Waals surface area contributed by atoms with E-state index in [4.69, 9.17) is 0 Å². The highest BCUT2D eigenvalue weighted by Gasteiger charge is 2.54. The Balaban J connectivity index is 1.92. The molecule has 6 heteroatoms. The molecule has 2 saturated heterocycles. The van der Waals surface area contributed by atoms with Crippen LogP contribution < -0.4 is 10.2 Å². The number of barbiturate groups is 1. The quantitative estimate of drug-likeness (QED) is 0.787. The average molecular weight is 330 g/mol. The van der Waals surface area contributed by atoms with Gasteiger partial charge in [0.1, 0.15) is 0 Å². The lowest BCUT2D eigenvalue weighted by molar-refractivity contribution is -0.912. The Labute approximate surface area is 141 Å². The van der Waals surface area contributed by atoms with Gasteiger partial charge in [-0.05, 0) is 31.2 Å². The molecule has 0 unspecified atom stereocenters. The highest BCUT2D eigenvalue weighted by Crippen LogP contribution is 2.33. The van der Waals surface area contributed by atoms with Crippen LogP contribution in [0.25, 0.3) is 0 Å². The molecule has 1 aromatic rings. The number of benzene rings is 1. The Bertz CT molecular complexity index is 640. The minimum absolute atomic E-state index is 0.320. The lowest BCUT2D eigenvalue weighted by atomic mass is 9.75. The Morgan fingerprint density at radius 2 is 1.75 bits per heavy atom. The maximum Gasteiger partial charge on any atom is 0.335 e. The summed E-state index contributed by atoms with van der Waals surface area (Å²) in [6.07, 6.45) is 3.73. The van der Waals surface area contributed by atoms with E-state index in [2.05, 4.69) is 5.32 Å². The van der Waals surface area contributed by atoms with Gasteiger partial charge in [0.15, 0.2) is 12.1 Å². The number of amides is 4. The van der Waals surface area contributed by atoms with E-state index in [0.29, 0.717) is 18.7 Å². The molecule has 4 amide bonds. The van der Waals surface area contributed by atoms with Crippen molar-refractivity contribution in [2.45, 2.75) is 38.0 Å². The van der Waals surface area contributed by atoms with Crippen molar-refractivity contribution in [3.63, 3.8) is 0 Å². The van der Waals surface area contributed by atoms with Crippen molar-refractivity contribution in [1.82, 2.24) is 10.2 Å². The van der Waals surface area contributed by atoms with Crippen molar-refractivity contribution in [2.75, 3.05) is 19.8 Å². The number of quaternary nitrogens is 1. The van der Waals surface area contributed by atoms with Gasteiger partial charge in [-0.1, -0.05) is 37.3 Å². The van der Waals surface area contributed by atoms with Crippen LogP contribution in [0, 0.1) is 0 Å². The first kappa shape index (κ1) is 16.6. The molecule has 0 aromatic heterocycles. The molecule has 2 aliphatic heterocycles. The summed E-state index contributed by atoms with van der Waals surface area (Å²) in [6, 6.07) is 8.43. The largest absolute Gasteiger partial charge is 0.335 e. The number of nitrogens with one attached hydrogen (secondary N) is 2. The zero-order chi connectivity index (χ0) is 17.2. The third-order valence-corrected chi connectivity index (χ3v) is 5.20. The zero-order valence-electron chi connectivity index (χ0n) is 14.0. The summed E-state index contributed by atoms with van der Waals surface area (Å²) < 4.78 is 0. The molecule has 2 heterocycles. The first-order valence-electron chi connectivity index (χ1n) is 8.66. The second kappa shape index (κ2) is 6.73. The van der Waals surface area contributed by atoms with Gasteiger partial charge in [0.25, 0.3) is 5.91 Å². The molecule has 2 N–H and O–H groups in total. The summed E-state index contributed by atoms with van der Waals surface area (Å²) in [5.41, 5.74) is -0.675. The van der Waals surface area contributed by atoms with Crippen LogP contribution >= 0.6 is 0 Å². The molecule has 3 rings (SSSR count). The van der Waals surface area contributed by atoms with Crippen molar-refractivity contribution in [3.8, 4) is 0 Å². The third-order valence-electron chi connectivity index (χ3n) is 5.20. The number of rotatable bonds is 4. The topological polar surface area (TPSA) is 70.9 Å². The van der Waals surface area contributed by atoms with E-state index < -0.39 is 23.3 Å². The molecular formula is C18H24N3O3+. The van der Waals surface area contributed by atoms with Gasteiger partial charge in [-0.25, -0.2) is 9.69 Å². The second-order valence-corrected chi connectivity index (χ2v) is 6.59. The molecule has 0 bridgehead atoms. The van der Waals surface area contributed by atoms with Crippen molar-refractivity contribution in [2.24, 2.45) is 0 Å².